The highest BCUT2D eigenvalue weighted by atomic mass is 16.5. The van der Waals surface area contributed by atoms with Crippen LogP contribution in [0.4, 0.5) is 5.69 Å². The lowest BCUT2D eigenvalue weighted by atomic mass is 10.1. The Labute approximate surface area is 164 Å². The minimum Gasteiger partial charge on any atom is -0.494 e. The number of hydrogen-bond donors (Lipinski definition) is 2. The molecule has 0 aliphatic heterocycles. The smallest absolute Gasteiger partial charge is 0.228 e. The standard InChI is InChI=1S/C24H24N2O2/c1-3-17-6-5-7-21-20-13-10-18(15-22(20)26-24(17)21)25-23(27)14-16-8-11-19(12-9-16)28-4-2/h5-13,15,26H,3-4,14H2,1-2H3,(H,25,27). The largest absolute Gasteiger partial charge is 0.494 e. The maximum atomic E-state index is 12.4. The van der Waals surface area contributed by atoms with Gasteiger partial charge in [-0.05, 0) is 48.7 Å². The van der Waals surface area contributed by atoms with Gasteiger partial charge < -0.3 is 15.0 Å². The summed E-state index contributed by atoms with van der Waals surface area (Å²) in [6, 6.07) is 20.1. The first-order valence-corrected chi connectivity index (χ1v) is 9.73. The van der Waals surface area contributed by atoms with Gasteiger partial charge in [0.2, 0.25) is 5.91 Å². The highest BCUT2D eigenvalue weighted by Crippen LogP contribution is 2.29. The van der Waals surface area contributed by atoms with E-state index in [1.807, 2.05) is 43.3 Å². The lowest BCUT2D eigenvalue weighted by Crippen LogP contribution is -2.14. The van der Waals surface area contributed by atoms with E-state index in [0.717, 1.165) is 28.9 Å². The van der Waals surface area contributed by atoms with E-state index in [1.165, 1.54) is 21.9 Å². The number of hydrogen-bond acceptors (Lipinski definition) is 2. The van der Waals surface area contributed by atoms with Crippen LogP contribution in [0.3, 0.4) is 0 Å². The summed E-state index contributed by atoms with van der Waals surface area (Å²) in [4.78, 5) is 16.0. The molecule has 0 spiro atoms. The van der Waals surface area contributed by atoms with E-state index in [2.05, 4.69) is 41.5 Å². The van der Waals surface area contributed by atoms with Crippen LogP contribution in [0.5, 0.6) is 5.75 Å². The Hall–Kier alpha value is -3.27. The fraction of sp³-hybridized carbons (Fsp3) is 0.208. The number of nitrogens with one attached hydrogen (secondary N) is 2. The molecule has 28 heavy (non-hydrogen) atoms. The van der Waals surface area contributed by atoms with Gasteiger partial charge in [-0.3, -0.25) is 4.79 Å². The number of anilines is 1. The summed E-state index contributed by atoms with van der Waals surface area (Å²) in [6.07, 6.45) is 1.31. The zero-order valence-corrected chi connectivity index (χ0v) is 16.2. The van der Waals surface area contributed by atoms with Crippen LogP contribution in [0.25, 0.3) is 21.8 Å². The number of carbonyl (C=O) groups is 1. The Morgan fingerprint density at radius 2 is 1.82 bits per heavy atom. The minimum atomic E-state index is -0.0335. The van der Waals surface area contributed by atoms with Crippen LogP contribution in [0.2, 0.25) is 0 Å². The van der Waals surface area contributed by atoms with Crippen molar-refractivity contribution in [2.75, 3.05) is 11.9 Å². The molecular weight excluding hydrogens is 348 g/mol. The summed E-state index contributed by atoms with van der Waals surface area (Å²) in [5.74, 6) is 0.788. The molecule has 2 N–H and O–H groups in total. The van der Waals surface area contributed by atoms with Gasteiger partial charge in [-0.1, -0.05) is 43.3 Å². The van der Waals surface area contributed by atoms with Crippen molar-refractivity contribution in [3.05, 3.63) is 71.8 Å². The molecule has 0 saturated carbocycles. The lowest BCUT2D eigenvalue weighted by molar-refractivity contribution is -0.115. The van der Waals surface area contributed by atoms with Crippen molar-refractivity contribution in [3.8, 4) is 5.75 Å². The first kappa shape index (κ1) is 18.1. The molecular formula is C24H24N2O2. The van der Waals surface area contributed by atoms with Gasteiger partial charge >= 0.3 is 0 Å². The summed E-state index contributed by atoms with van der Waals surface area (Å²) in [5, 5.41) is 5.40. The van der Waals surface area contributed by atoms with Gasteiger partial charge in [0, 0.05) is 27.5 Å². The fourth-order valence-electron chi connectivity index (χ4n) is 3.62. The third-order valence-electron chi connectivity index (χ3n) is 4.98. The Balaban J connectivity index is 1.52. The van der Waals surface area contributed by atoms with E-state index in [0.29, 0.717) is 13.0 Å². The third-order valence-corrected chi connectivity index (χ3v) is 4.98. The summed E-state index contributed by atoms with van der Waals surface area (Å²) >= 11 is 0. The van der Waals surface area contributed by atoms with Crippen molar-refractivity contribution < 1.29 is 9.53 Å². The summed E-state index contributed by atoms with van der Waals surface area (Å²) in [6.45, 7) is 4.75. The van der Waals surface area contributed by atoms with Crippen molar-refractivity contribution in [1.29, 1.82) is 0 Å². The van der Waals surface area contributed by atoms with Crippen LogP contribution in [-0.2, 0) is 17.6 Å². The Morgan fingerprint density at radius 3 is 2.57 bits per heavy atom. The molecule has 0 saturated heterocycles. The number of aryl methyl sites for hydroxylation is 1. The molecule has 1 aromatic heterocycles. The topological polar surface area (TPSA) is 54.1 Å². The van der Waals surface area contributed by atoms with Crippen LogP contribution in [0.1, 0.15) is 25.0 Å². The second-order valence-electron chi connectivity index (χ2n) is 6.88. The van der Waals surface area contributed by atoms with Crippen LogP contribution in [-0.4, -0.2) is 17.5 Å². The van der Waals surface area contributed by atoms with Gasteiger partial charge in [-0.2, -0.15) is 0 Å². The number of para-hydroxylation sites is 1. The van der Waals surface area contributed by atoms with E-state index in [4.69, 9.17) is 4.74 Å². The van der Waals surface area contributed by atoms with Crippen LogP contribution >= 0.6 is 0 Å². The molecule has 4 nitrogen and oxygen atoms in total. The van der Waals surface area contributed by atoms with E-state index in [-0.39, 0.29) is 5.91 Å². The second kappa shape index (κ2) is 7.77. The van der Waals surface area contributed by atoms with Gasteiger partial charge in [-0.15, -0.1) is 0 Å². The molecule has 0 bridgehead atoms. The Kier molecular flexibility index (Phi) is 5.02. The average molecular weight is 372 g/mol. The molecule has 0 unspecified atom stereocenters. The fourth-order valence-corrected chi connectivity index (χ4v) is 3.62. The molecule has 0 aliphatic carbocycles. The quantitative estimate of drug-likeness (QED) is 0.472. The van der Waals surface area contributed by atoms with Gasteiger partial charge in [-0.25, -0.2) is 0 Å². The van der Waals surface area contributed by atoms with Gasteiger partial charge in [0.1, 0.15) is 5.75 Å². The number of ether oxygens (including phenoxy) is 1. The maximum absolute atomic E-state index is 12.4. The highest BCUT2D eigenvalue weighted by molar-refractivity contribution is 6.09. The molecule has 4 heteroatoms. The molecule has 0 aliphatic rings. The van der Waals surface area contributed by atoms with Crippen LogP contribution in [0.15, 0.2) is 60.7 Å². The first-order valence-electron chi connectivity index (χ1n) is 9.73. The summed E-state index contributed by atoms with van der Waals surface area (Å²) < 4.78 is 5.44. The van der Waals surface area contributed by atoms with Crippen LogP contribution in [0, 0.1) is 0 Å². The van der Waals surface area contributed by atoms with Crippen molar-refractivity contribution in [2.45, 2.75) is 26.7 Å². The Morgan fingerprint density at radius 1 is 1.00 bits per heavy atom. The summed E-state index contributed by atoms with van der Waals surface area (Å²) in [7, 11) is 0. The van der Waals surface area contributed by atoms with Crippen molar-refractivity contribution in [3.63, 3.8) is 0 Å². The number of amides is 1. The van der Waals surface area contributed by atoms with Crippen molar-refractivity contribution in [2.24, 2.45) is 0 Å². The molecule has 142 valence electrons. The number of H-pyrrole nitrogens is 1. The summed E-state index contributed by atoms with van der Waals surface area (Å²) in [5.41, 5.74) is 5.27. The number of aromatic nitrogens is 1. The highest BCUT2D eigenvalue weighted by Gasteiger charge is 2.09. The van der Waals surface area contributed by atoms with E-state index in [9.17, 15) is 4.79 Å². The predicted molar refractivity (Wildman–Crippen MR) is 115 cm³/mol. The molecule has 0 atom stereocenters. The maximum Gasteiger partial charge on any atom is 0.228 e. The zero-order chi connectivity index (χ0) is 19.5. The molecule has 0 fully saturated rings. The number of fused-ring (bicyclic) bond motifs is 3. The average Bonchev–Trinajstić information content (AvgIpc) is 3.07. The normalized spacial score (nSPS) is 11.1. The lowest BCUT2D eigenvalue weighted by Gasteiger charge is -2.07. The Bertz CT molecular complexity index is 1130. The molecule has 3 aromatic carbocycles. The predicted octanol–water partition coefficient (Wildman–Crippen LogP) is 5.46. The van der Waals surface area contributed by atoms with Crippen molar-refractivity contribution >= 4 is 33.4 Å². The molecule has 4 rings (SSSR count). The van der Waals surface area contributed by atoms with Gasteiger partial charge in [0.25, 0.3) is 0 Å². The zero-order valence-electron chi connectivity index (χ0n) is 16.2. The number of aromatic amines is 1. The van der Waals surface area contributed by atoms with E-state index >= 15 is 0 Å². The third kappa shape index (κ3) is 3.58. The van der Waals surface area contributed by atoms with Crippen LogP contribution < -0.4 is 10.1 Å². The number of carbonyl (C=O) groups excluding carboxylic acids is 1. The monoisotopic (exact) mass is 372 g/mol. The number of rotatable bonds is 6. The molecule has 1 heterocycles. The van der Waals surface area contributed by atoms with Gasteiger partial charge in [0.05, 0.1) is 13.0 Å². The van der Waals surface area contributed by atoms with Gasteiger partial charge in [0.15, 0.2) is 0 Å². The second-order valence-corrected chi connectivity index (χ2v) is 6.88. The number of benzene rings is 3. The molecule has 1 amide bonds. The molecule has 0 radical (unpaired) electrons. The minimum absolute atomic E-state index is 0.0335. The SMILES string of the molecule is CCOc1ccc(CC(=O)Nc2ccc3c(c2)[nH]c2c(CC)cccc23)cc1. The van der Waals surface area contributed by atoms with E-state index < -0.39 is 0 Å². The van der Waals surface area contributed by atoms with E-state index in [1.54, 1.807) is 0 Å². The molecule has 4 aromatic rings. The first-order chi connectivity index (χ1) is 13.7. The van der Waals surface area contributed by atoms with Crippen molar-refractivity contribution in [1.82, 2.24) is 4.98 Å².